The average Bonchev–Trinajstić information content (AvgIpc) is 2.49. The van der Waals surface area contributed by atoms with Crippen LogP contribution in [-0.4, -0.2) is 17.4 Å². The Morgan fingerprint density at radius 1 is 1.05 bits per heavy atom. The van der Waals surface area contributed by atoms with Gasteiger partial charge in [-0.15, -0.1) is 11.8 Å². The predicted molar refractivity (Wildman–Crippen MR) is 91.7 cm³/mol. The summed E-state index contributed by atoms with van der Waals surface area (Å²) in [5.74, 6) is 0.247. The van der Waals surface area contributed by atoms with Crippen LogP contribution in [0.1, 0.15) is 28.4 Å². The number of nitrogens with one attached hydrogen (secondary N) is 1. The molecule has 2 aromatic carbocycles. The summed E-state index contributed by atoms with van der Waals surface area (Å²) < 4.78 is 0. The van der Waals surface area contributed by atoms with Crippen LogP contribution >= 0.6 is 11.8 Å². The van der Waals surface area contributed by atoms with Crippen LogP contribution in [-0.2, 0) is 4.79 Å². The Balaban J connectivity index is 1.94. The van der Waals surface area contributed by atoms with Gasteiger partial charge in [0.1, 0.15) is 0 Å². The van der Waals surface area contributed by atoms with E-state index in [0.29, 0.717) is 17.0 Å². The van der Waals surface area contributed by atoms with Crippen molar-refractivity contribution in [3.63, 3.8) is 0 Å². The first kappa shape index (κ1) is 16.3. The van der Waals surface area contributed by atoms with Gasteiger partial charge in [0.2, 0.25) is 5.91 Å². The van der Waals surface area contributed by atoms with Crippen LogP contribution in [0.15, 0.2) is 47.4 Å². The molecule has 1 N–H and O–H groups in total. The number of Topliss-reactive ketones (excluding diaryl/α,β-unsaturated/α-hetero) is 1. The summed E-state index contributed by atoms with van der Waals surface area (Å²) in [7, 11) is 0. The minimum Gasteiger partial charge on any atom is -0.325 e. The molecule has 114 valence electrons. The molecule has 0 fully saturated rings. The highest BCUT2D eigenvalue weighted by molar-refractivity contribution is 8.00. The minimum absolute atomic E-state index is 0.0133. The maximum atomic E-state index is 12.0. The molecule has 0 aromatic heterocycles. The lowest BCUT2D eigenvalue weighted by Crippen LogP contribution is -2.14. The summed E-state index contributed by atoms with van der Waals surface area (Å²) in [6.45, 7) is 5.64. The zero-order valence-corrected chi connectivity index (χ0v) is 13.8. The standard InChI is InChI=1S/C18H19NO2S/c1-12-7-8-17(9-13(12)2)22-11-18(21)19-16-6-4-5-15(10-16)14(3)20/h4-10H,11H2,1-3H3,(H,19,21). The second kappa shape index (κ2) is 7.27. The molecule has 0 spiro atoms. The van der Waals surface area contributed by atoms with Crippen molar-refractivity contribution < 1.29 is 9.59 Å². The number of anilines is 1. The molecule has 0 aliphatic carbocycles. The van der Waals surface area contributed by atoms with E-state index in [2.05, 4.69) is 31.3 Å². The molecule has 0 heterocycles. The summed E-state index contributed by atoms with van der Waals surface area (Å²) in [4.78, 5) is 24.4. The molecule has 0 radical (unpaired) electrons. The number of carbonyl (C=O) groups excluding carboxylic acids is 2. The van der Waals surface area contributed by atoms with Crippen LogP contribution in [0.3, 0.4) is 0 Å². The number of carbonyl (C=O) groups is 2. The van der Waals surface area contributed by atoms with Crippen molar-refractivity contribution in [2.45, 2.75) is 25.7 Å². The van der Waals surface area contributed by atoms with E-state index in [1.807, 2.05) is 6.07 Å². The van der Waals surface area contributed by atoms with Crippen molar-refractivity contribution >= 4 is 29.1 Å². The highest BCUT2D eigenvalue weighted by Gasteiger charge is 2.06. The summed E-state index contributed by atoms with van der Waals surface area (Å²) in [6.07, 6.45) is 0. The van der Waals surface area contributed by atoms with Gasteiger partial charge in [-0.05, 0) is 56.2 Å². The van der Waals surface area contributed by atoms with E-state index < -0.39 is 0 Å². The summed E-state index contributed by atoms with van der Waals surface area (Å²) in [6, 6.07) is 13.2. The second-order valence-electron chi connectivity index (χ2n) is 5.22. The van der Waals surface area contributed by atoms with Gasteiger partial charge in [0, 0.05) is 16.1 Å². The topological polar surface area (TPSA) is 46.2 Å². The molecule has 0 saturated carbocycles. The lowest BCUT2D eigenvalue weighted by atomic mass is 10.1. The number of aryl methyl sites for hydroxylation is 2. The van der Waals surface area contributed by atoms with Crippen LogP contribution in [0.2, 0.25) is 0 Å². The Hall–Kier alpha value is -2.07. The van der Waals surface area contributed by atoms with E-state index in [1.165, 1.54) is 29.8 Å². The third kappa shape index (κ3) is 4.46. The van der Waals surface area contributed by atoms with Gasteiger partial charge in [-0.1, -0.05) is 18.2 Å². The average molecular weight is 313 g/mol. The highest BCUT2D eigenvalue weighted by Crippen LogP contribution is 2.21. The molecule has 22 heavy (non-hydrogen) atoms. The maximum absolute atomic E-state index is 12.0. The van der Waals surface area contributed by atoms with Crippen molar-refractivity contribution in [3.8, 4) is 0 Å². The van der Waals surface area contributed by atoms with Crippen LogP contribution in [0, 0.1) is 13.8 Å². The Labute approximate surface area is 135 Å². The number of rotatable bonds is 5. The first-order chi connectivity index (χ1) is 10.5. The smallest absolute Gasteiger partial charge is 0.234 e. The van der Waals surface area contributed by atoms with Gasteiger partial charge in [0.05, 0.1) is 5.75 Å². The number of hydrogen-bond acceptors (Lipinski definition) is 3. The molecule has 1 amide bonds. The maximum Gasteiger partial charge on any atom is 0.234 e. The van der Waals surface area contributed by atoms with Gasteiger partial charge >= 0.3 is 0 Å². The monoisotopic (exact) mass is 313 g/mol. The molecule has 4 heteroatoms. The number of hydrogen-bond donors (Lipinski definition) is 1. The second-order valence-corrected chi connectivity index (χ2v) is 6.27. The molecular weight excluding hydrogens is 294 g/mol. The van der Waals surface area contributed by atoms with Gasteiger partial charge in [-0.25, -0.2) is 0 Å². The fourth-order valence-corrected chi connectivity index (χ4v) is 2.76. The van der Waals surface area contributed by atoms with Gasteiger partial charge in [-0.2, -0.15) is 0 Å². The lowest BCUT2D eigenvalue weighted by Gasteiger charge is -2.07. The lowest BCUT2D eigenvalue weighted by molar-refractivity contribution is -0.113. The Bertz CT molecular complexity index is 710. The summed E-state index contributed by atoms with van der Waals surface area (Å²) in [5, 5.41) is 2.82. The SMILES string of the molecule is CC(=O)c1cccc(NC(=O)CSc2ccc(C)c(C)c2)c1. The number of ketones is 1. The quantitative estimate of drug-likeness (QED) is 0.663. The van der Waals surface area contributed by atoms with E-state index in [1.54, 1.807) is 24.3 Å². The molecule has 2 aromatic rings. The van der Waals surface area contributed by atoms with Gasteiger partial charge in [0.25, 0.3) is 0 Å². The van der Waals surface area contributed by atoms with Gasteiger partial charge in [0.15, 0.2) is 5.78 Å². The molecule has 0 aliphatic heterocycles. The predicted octanol–water partition coefficient (Wildman–Crippen LogP) is 4.24. The first-order valence-electron chi connectivity index (χ1n) is 7.06. The molecule has 0 atom stereocenters. The largest absolute Gasteiger partial charge is 0.325 e. The van der Waals surface area contributed by atoms with Crippen molar-refractivity contribution in [1.29, 1.82) is 0 Å². The third-order valence-electron chi connectivity index (χ3n) is 3.40. The number of benzene rings is 2. The van der Waals surface area contributed by atoms with E-state index in [0.717, 1.165) is 4.90 Å². The third-order valence-corrected chi connectivity index (χ3v) is 4.39. The fourth-order valence-electron chi connectivity index (χ4n) is 1.97. The van der Waals surface area contributed by atoms with Crippen LogP contribution in [0.25, 0.3) is 0 Å². The zero-order valence-electron chi connectivity index (χ0n) is 13.0. The first-order valence-corrected chi connectivity index (χ1v) is 8.05. The molecule has 0 unspecified atom stereocenters. The fraction of sp³-hybridized carbons (Fsp3) is 0.222. The van der Waals surface area contributed by atoms with Gasteiger partial charge < -0.3 is 5.32 Å². The van der Waals surface area contributed by atoms with Crippen molar-refractivity contribution in [2.24, 2.45) is 0 Å². The normalized spacial score (nSPS) is 10.3. The van der Waals surface area contributed by atoms with Crippen LogP contribution < -0.4 is 5.32 Å². The summed E-state index contributed by atoms with van der Waals surface area (Å²) >= 11 is 1.50. The van der Waals surface area contributed by atoms with E-state index in [-0.39, 0.29) is 11.7 Å². The van der Waals surface area contributed by atoms with Crippen molar-refractivity contribution in [2.75, 3.05) is 11.1 Å². The number of amides is 1. The molecule has 3 nitrogen and oxygen atoms in total. The Morgan fingerprint density at radius 2 is 1.82 bits per heavy atom. The molecule has 0 saturated heterocycles. The Morgan fingerprint density at radius 3 is 2.50 bits per heavy atom. The van der Waals surface area contributed by atoms with E-state index in [9.17, 15) is 9.59 Å². The van der Waals surface area contributed by atoms with Crippen molar-refractivity contribution in [1.82, 2.24) is 0 Å². The van der Waals surface area contributed by atoms with E-state index >= 15 is 0 Å². The molecule has 0 aliphatic rings. The van der Waals surface area contributed by atoms with Crippen LogP contribution in [0.4, 0.5) is 5.69 Å². The molecule has 0 bridgehead atoms. The van der Waals surface area contributed by atoms with E-state index in [4.69, 9.17) is 0 Å². The highest BCUT2D eigenvalue weighted by atomic mass is 32.2. The number of thioether (sulfide) groups is 1. The molecular formula is C18H19NO2S. The Kier molecular flexibility index (Phi) is 5.39. The zero-order chi connectivity index (χ0) is 16.1. The summed E-state index contributed by atoms with van der Waals surface area (Å²) in [5.41, 5.74) is 3.72. The minimum atomic E-state index is -0.0797. The van der Waals surface area contributed by atoms with Gasteiger partial charge in [-0.3, -0.25) is 9.59 Å². The van der Waals surface area contributed by atoms with Crippen molar-refractivity contribution in [3.05, 3.63) is 59.2 Å². The molecule has 2 rings (SSSR count). The van der Waals surface area contributed by atoms with Crippen LogP contribution in [0.5, 0.6) is 0 Å².